The summed E-state index contributed by atoms with van der Waals surface area (Å²) in [4.78, 5) is 22.9. The number of aromatic nitrogens is 2. The van der Waals surface area contributed by atoms with Gasteiger partial charge in [-0.25, -0.2) is 4.98 Å². The Labute approximate surface area is 170 Å². The average Bonchev–Trinajstić information content (AvgIpc) is 2.80. The molecular weight excluding hydrogens is 366 g/mol. The highest BCUT2D eigenvalue weighted by Crippen LogP contribution is 2.22. The maximum absolute atomic E-state index is 12.8. The molecule has 0 unspecified atom stereocenters. The van der Waals surface area contributed by atoms with E-state index in [4.69, 9.17) is 9.47 Å². The van der Waals surface area contributed by atoms with Crippen molar-refractivity contribution in [3.8, 4) is 23.0 Å². The summed E-state index contributed by atoms with van der Waals surface area (Å²) in [5.41, 5.74) is 2.96. The number of hydrogen-bond acceptors (Lipinski definition) is 5. The van der Waals surface area contributed by atoms with E-state index >= 15 is 0 Å². The number of likely N-dealkylation sites (tertiary alicyclic amines) is 1. The smallest absolute Gasteiger partial charge is 0.319 e. The molecule has 0 spiro atoms. The molecule has 1 saturated heterocycles. The number of ether oxygens (including phenoxy) is 2. The highest BCUT2D eigenvalue weighted by molar-refractivity contribution is 5.94. The molecule has 0 saturated carbocycles. The van der Waals surface area contributed by atoms with Gasteiger partial charge >= 0.3 is 6.01 Å². The molecule has 0 atom stereocenters. The largest absolute Gasteiger partial charge is 0.474 e. The molecule has 2 heterocycles. The van der Waals surface area contributed by atoms with Crippen LogP contribution in [0.2, 0.25) is 0 Å². The van der Waals surface area contributed by atoms with Gasteiger partial charge in [-0.2, -0.15) is 4.98 Å². The van der Waals surface area contributed by atoms with E-state index in [1.165, 1.54) is 7.11 Å². The SMILES string of the molecule is COc1nccc(OC2CCN(C(=O)c3ccc(-c4ccccc4)cc3)CC2)n1. The summed E-state index contributed by atoms with van der Waals surface area (Å²) in [5, 5.41) is 0. The van der Waals surface area contributed by atoms with Crippen LogP contribution in [0.1, 0.15) is 23.2 Å². The fourth-order valence-corrected chi connectivity index (χ4v) is 3.46. The zero-order chi connectivity index (χ0) is 20.1. The first-order valence-electron chi connectivity index (χ1n) is 9.71. The number of methoxy groups -OCH3 is 1. The standard InChI is InChI=1S/C23H23N3O3/c1-28-23-24-14-11-21(25-23)29-20-12-15-26(16-13-20)22(27)19-9-7-18(8-10-19)17-5-3-2-4-6-17/h2-11,14,20H,12-13,15-16H2,1H3. The van der Waals surface area contributed by atoms with E-state index in [9.17, 15) is 4.79 Å². The third-order valence-corrected chi connectivity index (χ3v) is 5.05. The minimum atomic E-state index is 0.0270. The quantitative estimate of drug-likeness (QED) is 0.663. The average molecular weight is 389 g/mol. The molecule has 1 aromatic heterocycles. The Morgan fingerprint density at radius 3 is 2.34 bits per heavy atom. The molecular formula is C23H23N3O3. The van der Waals surface area contributed by atoms with E-state index in [1.54, 1.807) is 12.3 Å². The highest BCUT2D eigenvalue weighted by atomic mass is 16.5. The second kappa shape index (κ2) is 8.73. The number of nitrogens with zero attached hydrogens (tertiary/aromatic N) is 3. The summed E-state index contributed by atoms with van der Waals surface area (Å²) >= 11 is 0. The molecule has 0 radical (unpaired) electrons. The third kappa shape index (κ3) is 4.54. The van der Waals surface area contributed by atoms with Crippen molar-refractivity contribution >= 4 is 5.91 Å². The van der Waals surface area contributed by atoms with Crippen LogP contribution in [-0.4, -0.2) is 47.1 Å². The van der Waals surface area contributed by atoms with Crippen molar-refractivity contribution in [2.24, 2.45) is 0 Å². The number of benzene rings is 2. The lowest BCUT2D eigenvalue weighted by Gasteiger charge is -2.32. The Hall–Kier alpha value is -3.41. The molecule has 6 nitrogen and oxygen atoms in total. The van der Waals surface area contributed by atoms with Crippen molar-refractivity contribution in [1.82, 2.24) is 14.9 Å². The van der Waals surface area contributed by atoms with E-state index in [0.29, 0.717) is 24.5 Å². The number of amides is 1. The predicted octanol–water partition coefficient (Wildman–Crippen LogP) is 3.84. The predicted molar refractivity (Wildman–Crippen MR) is 110 cm³/mol. The van der Waals surface area contributed by atoms with Gasteiger partial charge in [-0.15, -0.1) is 0 Å². The summed E-state index contributed by atoms with van der Waals surface area (Å²) < 4.78 is 11.0. The van der Waals surface area contributed by atoms with Gasteiger partial charge in [0.2, 0.25) is 5.88 Å². The Kier molecular flexibility index (Phi) is 5.70. The normalized spacial score (nSPS) is 14.4. The molecule has 4 rings (SSSR count). The second-order valence-electron chi connectivity index (χ2n) is 6.93. The Balaban J connectivity index is 1.34. The molecule has 29 heavy (non-hydrogen) atoms. The van der Waals surface area contributed by atoms with E-state index in [-0.39, 0.29) is 18.0 Å². The zero-order valence-electron chi connectivity index (χ0n) is 16.3. The van der Waals surface area contributed by atoms with E-state index in [1.807, 2.05) is 47.4 Å². The van der Waals surface area contributed by atoms with Gasteiger partial charge in [-0.3, -0.25) is 4.79 Å². The van der Waals surface area contributed by atoms with Crippen LogP contribution in [-0.2, 0) is 0 Å². The van der Waals surface area contributed by atoms with Crippen LogP contribution in [0.25, 0.3) is 11.1 Å². The molecule has 0 aliphatic carbocycles. The van der Waals surface area contributed by atoms with Crippen molar-refractivity contribution < 1.29 is 14.3 Å². The van der Waals surface area contributed by atoms with Gasteiger partial charge in [0.1, 0.15) is 6.10 Å². The molecule has 0 N–H and O–H groups in total. The molecule has 1 fully saturated rings. The molecule has 3 aromatic rings. The molecule has 148 valence electrons. The lowest BCUT2D eigenvalue weighted by molar-refractivity contribution is 0.0586. The van der Waals surface area contributed by atoms with Crippen molar-refractivity contribution in [3.63, 3.8) is 0 Å². The number of rotatable bonds is 5. The monoisotopic (exact) mass is 389 g/mol. The molecule has 0 bridgehead atoms. The fraction of sp³-hybridized carbons (Fsp3) is 0.261. The number of hydrogen-bond donors (Lipinski definition) is 0. The summed E-state index contributed by atoms with van der Waals surface area (Å²) in [6, 6.07) is 20.0. The molecule has 1 amide bonds. The van der Waals surface area contributed by atoms with Crippen LogP contribution < -0.4 is 9.47 Å². The summed E-state index contributed by atoms with van der Waals surface area (Å²) in [5.74, 6) is 0.560. The lowest BCUT2D eigenvalue weighted by atomic mass is 10.0. The zero-order valence-corrected chi connectivity index (χ0v) is 16.3. The van der Waals surface area contributed by atoms with Crippen LogP contribution in [0, 0.1) is 0 Å². The first-order chi connectivity index (χ1) is 14.2. The minimum Gasteiger partial charge on any atom is -0.474 e. The van der Waals surface area contributed by atoms with Gasteiger partial charge in [0, 0.05) is 43.8 Å². The first kappa shape index (κ1) is 18.9. The van der Waals surface area contributed by atoms with Gasteiger partial charge in [0.05, 0.1) is 7.11 Å². The number of carbonyl (C=O) groups is 1. The highest BCUT2D eigenvalue weighted by Gasteiger charge is 2.25. The van der Waals surface area contributed by atoms with Gasteiger partial charge in [0.25, 0.3) is 5.91 Å². The Bertz CT molecular complexity index is 953. The van der Waals surface area contributed by atoms with Gasteiger partial charge in [-0.1, -0.05) is 42.5 Å². The maximum atomic E-state index is 12.8. The van der Waals surface area contributed by atoms with Crippen molar-refractivity contribution in [2.75, 3.05) is 20.2 Å². The summed E-state index contributed by atoms with van der Waals surface area (Å²) in [6.07, 6.45) is 3.17. The van der Waals surface area contributed by atoms with Gasteiger partial charge in [0.15, 0.2) is 0 Å². The molecule has 1 aliphatic rings. The van der Waals surface area contributed by atoms with E-state index in [2.05, 4.69) is 22.1 Å². The van der Waals surface area contributed by atoms with E-state index < -0.39 is 0 Å². The number of piperidine rings is 1. The van der Waals surface area contributed by atoms with Crippen LogP contribution in [0.5, 0.6) is 11.9 Å². The van der Waals surface area contributed by atoms with Crippen molar-refractivity contribution in [2.45, 2.75) is 18.9 Å². The third-order valence-electron chi connectivity index (χ3n) is 5.05. The second-order valence-corrected chi connectivity index (χ2v) is 6.93. The van der Waals surface area contributed by atoms with Crippen LogP contribution in [0.4, 0.5) is 0 Å². The summed E-state index contributed by atoms with van der Waals surface area (Å²) in [7, 11) is 1.52. The van der Waals surface area contributed by atoms with Gasteiger partial charge < -0.3 is 14.4 Å². The first-order valence-corrected chi connectivity index (χ1v) is 9.71. The summed E-state index contributed by atoms with van der Waals surface area (Å²) in [6.45, 7) is 1.32. The van der Waals surface area contributed by atoms with Crippen LogP contribution in [0.15, 0.2) is 66.9 Å². The van der Waals surface area contributed by atoms with Crippen molar-refractivity contribution in [3.05, 3.63) is 72.4 Å². The fourth-order valence-electron chi connectivity index (χ4n) is 3.46. The molecule has 2 aromatic carbocycles. The minimum absolute atomic E-state index is 0.0270. The lowest BCUT2D eigenvalue weighted by Crippen LogP contribution is -2.41. The Morgan fingerprint density at radius 2 is 1.66 bits per heavy atom. The van der Waals surface area contributed by atoms with E-state index in [0.717, 1.165) is 24.0 Å². The van der Waals surface area contributed by atoms with Crippen LogP contribution >= 0.6 is 0 Å². The topological polar surface area (TPSA) is 64.6 Å². The van der Waals surface area contributed by atoms with Crippen molar-refractivity contribution in [1.29, 1.82) is 0 Å². The number of carbonyl (C=O) groups excluding carboxylic acids is 1. The van der Waals surface area contributed by atoms with Crippen LogP contribution in [0.3, 0.4) is 0 Å². The molecule has 1 aliphatic heterocycles. The Morgan fingerprint density at radius 1 is 0.966 bits per heavy atom. The maximum Gasteiger partial charge on any atom is 0.319 e. The molecule has 6 heteroatoms. The van der Waals surface area contributed by atoms with Gasteiger partial charge in [-0.05, 0) is 23.3 Å².